The summed E-state index contributed by atoms with van der Waals surface area (Å²) in [7, 11) is -4.28. The van der Waals surface area contributed by atoms with E-state index < -0.39 is 26.7 Å². The third-order valence-corrected chi connectivity index (χ3v) is 6.35. The Hall–Kier alpha value is -1.61. The van der Waals surface area contributed by atoms with Gasteiger partial charge in [0.25, 0.3) is 0 Å². The molecule has 1 atom stereocenters. The Balaban J connectivity index is 2.20. The molecule has 0 spiro atoms. The van der Waals surface area contributed by atoms with Crippen molar-refractivity contribution in [3.63, 3.8) is 0 Å². The maximum Gasteiger partial charge on any atom is 0.417 e. The van der Waals surface area contributed by atoms with E-state index >= 15 is 0 Å². The highest BCUT2D eigenvalue weighted by molar-refractivity contribution is 7.89. The van der Waals surface area contributed by atoms with E-state index in [0.29, 0.717) is 6.42 Å². The van der Waals surface area contributed by atoms with Crippen LogP contribution in [0.15, 0.2) is 29.2 Å². The van der Waals surface area contributed by atoms with Crippen molar-refractivity contribution in [2.75, 3.05) is 26.2 Å². The Labute approximate surface area is 145 Å². The van der Waals surface area contributed by atoms with Crippen molar-refractivity contribution in [2.24, 2.45) is 5.92 Å². The molecule has 140 valence electrons. The lowest BCUT2D eigenvalue weighted by Gasteiger charge is -2.35. The quantitative estimate of drug-likeness (QED) is 0.809. The van der Waals surface area contributed by atoms with E-state index in [-0.39, 0.29) is 38.0 Å². The third kappa shape index (κ3) is 4.14. The van der Waals surface area contributed by atoms with Crippen molar-refractivity contribution in [1.29, 1.82) is 0 Å². The fourth-order valence-electron chi connectivity index (χ4n) is 2.70. The first-order valence-electron chi connectivity index (χ1n) is 8.04. The molecule has 0 unspecified atom stereocenters. The van der Waals surface area contributed by atoms with Gasteiger partial charge in [-0.05, 0) is 18.6 Å². The average Bonchev–Trinajstić information content (AvgIpc) is 2.59. The molecule has 0 radical (unpaired) electrons. The van der Waals surface area contributed by atoms with Gasteiger partial charge in [0.05, 0.1) is 10.5 Å². The number of benzene rings is 1. The van der Waals surface area contributed by atoms with E-state index in [1.165, 1.54) is 6.07 Å². The number of carbonyl (C=O) groups is 1. The molecule has 1 heterocycles. The molecule has 0 aliphatic carbocycles. The van der Waals surface area contributed by atoms with Crippen LogP contribution in [0.2, 0.25) is 0 Å². The maximum absolute atomic E-state index is 13.1. The Morgan fingerprint density at radius 1 is 1.16 bits per heavy atom. The van der Waals surface area contributed by atoms with Crippen molar-refractivity contribution in [3.8, 4) is 0 Å². The highest BCUT2D eigenvalue weighted by atomic mass is 32.2. The molecule has 1 aromatic rings. The molecular weight excluding hydrogens is 357 g/mol. The molecule has 1 aliphatic rings. The first kappa shape index (κ1) is 19.7. The highest BCUT2D eigenvalue weighted by Gasteiger charge is 2.39. The summed E-state index contributed by atoms with van der Waals surface area (Å²) < 4.78 is 65.6. The van der Waals surface area contributed by atoms with Crippen LogP contribution in [0.1, 0.15) is 25.8 Å². The first-order chi connectivity index (χ1) is 11.6. The van der Waals surface area contributed by atoms with Gasteiger partial charge in [-0.3, -0.25) is 4.79 Å². The van der Waals surface area contributed by atoms with Crippen LogP contribution in [0.4, 0.5) is 13.2 Å². The van der Waals surface area contributed by atoms with Crippen LogP contribution in [-0.4, -0.2) is 49.7 Å². The lowest BCUT2D eigenvalue weighted by molar-refractivity contribution is -0.140. The number of amides is 1. The van der Waals surface area contributed by atoms with Gasteiger partial charge in [-0.2, -0.15) is 17.5 Å². The van der Waals surface area contributed by atoms with Crippen LogP contribution >= 0.6 is 0 Å². The number of halogens is 3. The second kappa shape index (κ2) is 7.33. The van der Waals surface area contributed by atoms with Crippen LogP contribution in [0.3, 0.4) is 0 Å². The normalized spacial score (nSPS) is 18.2. The molecule has 1 amide bonds. The monoisotopic (exact) mass is 378 g/mol. The fourth-order valence-corrected chi connectivity index (χ4v) is 4.33. The van der Waals surface area contributed by atoms with Gasteiger partial charge in [0.15, 0.2) is 0 Å². The summed E-state index contributed by atoms with van der Waals surface area (Å²) in [5.74, 6) is -0.218. The van der Waals surface area contributed by atoms with E-state index in [9.17, 15) is 26.4 Å². The Morgan fingerprint density at radius 2 is 1.72 bits per heavy atom. The largest absolute Gasteiger partial charge is 0.417 e. The Bertz CT molecular complexity index is 726. The topological polar surface area (TPSA) is 57.7 Å². The van der Waals surface area contributed by atoms with Gasteiger partial charge in [-0.15, -0.1) is 0 Å². The molecule has 2 rings (SSSR count). The number of carbonyl (C=O) groups excluding carboxylic acids is 1. The molecule has 25 heavy (non-hydrogen) atoms. The lowest BCUT2D eigenvalue weighted by atomic mass is 10.1. The molecule has 1 saturated heterocycles. The van der Waals surface area contributed by atoms with Gasteiger partial charge >= 0.3 is 6.18 Å². The van der Waals surface area contributed by atoms with Crippen molar-refractivity contribution in [3.05, 3.63) is 29.8 Å². The van der Waals surface area contributed by atoms with Crippen LogP contribution < -0.4 is 0 Å². The Kier molecular flexibility index (Phi) is 5.78. The van der Waals surface area contributed by atoms with Gasteiger partial charge in [0, 0.05) is 32.1 Å². The zero-order chi connectivity index (χ0) is 18.8. The summed E-state index contributed by atoms with van der Waals surface area (Å²) in [6.07, 6.45) is -4.08. The van der Waals surface area contributed by atoms with E-state index in [1.807, 2.05) is 6.92 Å². The van der Waals surface area contributed by atoms with Crippen molar-refractivity contribution in [1.82, 2.24) is 9.21 Å². The number of sulfonamides is 1. The standard InChI is InChI=1S/C16H21F3N2O3S/c1-3-12(2)15(22)20-8-10-21(11-9-20)25(23,24)14-7-5-4-6-13(14)16(17,18)19/h4-7,12H,3,8-11H2,1-2H3/t12-/m1/s1. The zero-order valence-electron chi connectivity index (χ0n) is 14.1. The first-order valence-corrected chi connectivity index (χ1v) is 9.48. The molecule has 1 aromatic carbocycles. The molecule has 5 nitrogen and oxygen atoms in total. The third-order valence-electron chi connectivity index (χ3n) is 4.39. The number of hydrogen-bond donors (Lipinski definition) is 0. The number of piperazine rings is 1. The lowest BCUT2D eigenvalue weighted by Crippen LogP contribution is -2.51. The predicted molar refractivity (Wildman–Crippen MR) is 86.2 cm³/mol. The van der Waals surface area contributed by atoms with Crippen molar-refractivity contribution >= 4 is 15.9 Å². The summed E-state index contributed by atoms with van der Waals surface area (Å²) in [4.78, 5) is 13.0. The van der Waals surface area contributed by atoms with Crippen LogP contribution in [0.5, 0.6) is 0 Å². The van der Waals surface area contributed by atoms with Crippen LogP contribution in [-0.2, 0) is 21.0 Å². The van der Waals surface area contributed by atoms with E-state index in [2.05, 4.69) is 0 Å². The summed E-state index contributed by atoms with van der Waals surface area (Å²) in [6.45, 7) is 4.00. The van der Waals surface area contributed by atoms with Crippen molar-refractivity contribution < 1.29 is 26.4 Å². The van der Waals surface area contributed by atoms with E-state index in [0.717, 1.165) is 22.5 Å². The summed E-state index contributed by atoms with van der Waals surface area (Å²) in [5, 5.41) is 0. The minimum atomic E-state index is -4.75. The summed E-state index contributed by atoms with van der Waals surface area (Å²) >= 11 is 0. The highest BCUT2D eigenvalue weighted by Crippen LogP contribution is 2.35. The number of hydrogen-bond acceptors (Lipinski definition) is 3. The molecule has 0 saturated carbocycles. The SMILES string of the molecule is CC[C@@H](C)C(=O)N1CCN(S(=O)(=O)c2ccccc2C(F)(F)F)CC1. The summed E-state index contributed by atoms with van der Waals surface area (Å²) in [6, 6.07) is 4.15. The molecule has 9 heteroatoms. The maximum atomic E-state index is 13.1. The van der Waals surface area contributed by atoms with E-state index in [1.54, 1.807) is 11.8 Å². The minimum absolute atomic E-state index is 0.0172. The second-order valence-electron chi connectivity index (χ2n) is 6.03. The second-order valence-corrected chi connectivity index (χ2v) is 7.94. The average molecular weight is 378 g/mol. The molecule has 1 fully saturated rings. The molecule has 0 bridgehead atoms. The fraction of sp³-hybridized carbons (Fsp3) is 0.562. The zero-order valence-corrected chi connectivity index (χ0v) is 14.9. The van der Waals surface area contributed by atoms with Gasteiger partial charge in [0.1, 0.15) is 0 Å². The predicted octanol–water partition coefficient (Wildman–Crippen LogP) is 2.58. The molecule has 1 aliphatic heterocycles. The van der Waals surface area contributed by atoms with E-state index in [4.69, 9.17) is 0 Å². The van der Waals surface area contributed by atoms with Gasteiger partial charge < -0.3 is 4.90 Å². The van der Waals surface area contributed by atoms with Gasteiger partial charge in [0.2, 0.25) is 15.9 Å². The number of rotatable bonds is 4. The van der Waals surface area contributed by atoms with Gasteiger partial charge in [-0.1, -0.05) is 26.0 Å². The molecular formula is C16H21F3N2O3S. The number of nitrogens with zero attached hydrogens (tertiary/aromatic N) is 2. The minimum Gasteiger partial charge on any atom is -0.340 e. The molecule has 0 aromatic heterocycles. The Morgan fingerprint density at radius 3 is 2.24 bits per heavy atom. The van der Waals surface area contributed by atoms with Crippen LogP contribution in [0, 0.1) is 5.92 Å². The smallest absolute Gasteiger partial charge is 0.340 e. The van der Waals surface area contributed by atoms with Gasteiger partial charge in [-0.25, -0.2) is 8.42 Å². The van der Waals surface area contributed by atoms with Crippen LogP contribution in [0.25, 0.3) is 0 Å². The number of alkyl halides is 3. The molecule has 0 N–H and O–H groups in total. The van der Waals surface area contributed by atoms with Crippen molar-refractivity contribution in [2.45, 2.75) is 31.3 Å². The summed E-state index contributed by atoms with van der Waals surface area (Å²) in [5.41, 5.74) is -1.17.